The maximum atomic E-state index is 13.9. The Hall–Kier alpha value is -1.09. The molecule has 0 aromatic heterocycles. The molecule has 96 valence electrons. The molecule has 1 unspecified atom stereocenters. The summed E-state index contributed by atoms with van der Waals surface area (Å²) in [6.07, 6.45) is 1.54. The van der Waals surface area contributed by atoms with Gasteiger partial charge in [0.15, 0.2) is 0 Å². The first-order chi connectivity index (χ1) is 8.10. The molecule has 0 radical (unpaired) electrons. The zero-order valence-electron chi connectivity index (χ0n) is 10.9. The maximum Gasteiger partial charge on any atom is 0.146 e. The molecule has 1 aromatic carbocycles. The van der Waals surface area contributed by atoms with E-state index in [9.17, 15) is 9.50 Å². The van der Waals surface area contributed by atoms with Crippen LogP contribution in [-0.4, -0.2) is 18.2 Å². The summed E-state index contributed by atoms with van der Waals surface area (Å²) in [5.74, 6) is -0.249. The molecule has 0 saturated heterocycles. The van der Waals surface area contributed by atoms with Gasteiger partial charge in [-0.2, -0.15) is 0 Å². The summed E-state index contributed by atoms with van der Waals surface area (Å²) in [5, 5.41) is 9.40. The molecule has 0 aliphatic heterocycles. The van der Waals surface area contributed by atoms with Gasteiger partial charge in [-0.1, -0.05) is 19.4 Å². The van der Waals surface area contributed by atoms with E-state index in [1.807, 2.05) is 11.8 Å². The molecule has 2 nitrogen and oxygen atoms in total. The number of hydrogen-bond acceptors (Lipinski definition) is 2. The Kier molecular flexibility index (Phi) is 5.42. The van der Waals surface area contributed by atoms with Crippen LogP contribution >= 0.6 is 0 Å². The van der Waals surface area contributed by atoms with E-state index >= 15 is 0 Å². The van der Waals surface area contributed by atoms with Crippen LogP contribution < -0.4 is 4.90 Å². The normalized spacial score (nSPS) is 12.5. The number of aliphatic hydroxyl groups excluding tert-OH is 1. The van der Waals surface area contributed by atoms with Crippen molar-refractivity contribution in [1.82, 2.24) is 0 Å². The van der Waals surface area contributed by atoms with Gasteiger partial charge in [0.25, 0.3) is 0 Å². The highest BCUT2D eigenvalue weighted by molar-refractivity contribution is 5.49. The minimum Gasteiger partial charge on any atom is -0.389 e. The topological polar surface area (TPSA) is 23.5 Å². The standard InChI is InChI=1S/C14H22FNO/c1-4-6-9-16(5-2)14-8-7-12(11(3)17)10-13(14)15/h7-8,10-11,17H,4-6,9H2,1-3H3. The molecule has 1 aromatic rings. The molecule has 0 spiro atoms. The summed E-state index contributed by atoms with van der Waals surface area (Å²) in [5.41, 5.74) is 1.25. The Morgan fingerprint density at radius 1 is 1.35 bits per heavy atom. The van der Waals surface area contributed by atoms with Crippen molar-refractivity contribution in [1.29, 1.82) is 0 Å². The quantitative estimate of drug-likeness (QED) is 0.821. The number of halogens is 1. The number of rotatable bonds is 6. The number of anilines is 1. The van der Waals surface area contributed by atoms with Crippen LogP contribution in [0.25, 0.3) is 0 Å². The van der Waals surface area contributed by atoms with E-state index in [-0.39, 0.29) is 5.82 Å². The Labute approximate surface area is 103 Å². The fourth-order valence-electron chi connectivity index (χ4n) is 1.84. The second-order valence-electron chi connectivity index (χ2n) is 4.32. The molecule has 0 aliphatic carbocycles. The Morgan fingerprint density at radius 2 is 2.06 bits per heavy atom. The van der Waals surface area contributed by atoms with Gasteiger partial charge < -0.3 is 10.0 Å². The van der Waals surface area contributed by atoms with Crippen LogP contribution in [0, 0.1) is 5.82 Å². The molecule has 17 heavy (non-hydrogen) atoms. The smallest absolute Gasteiger partial charge is 0.146 e. The van der Waals surface area contributed by atoms with E-state index in [2.05, 4.69) is 6.92 Å². The van der Waals surface area contributed by atoms with Crippen molar-refractivity contribution in [3.63, 3.8) is 0 Å². The summed E-state index contributed by atoms with van der Waals surface area (Å²) in [7, 11) is 0. The first-order valence-electron chi connectivity index (χ1n) is 6.32. The van der Waals surface area contributed by atoms with Gasteiger partial charge in [0, 0.05) is 13.1 Å². The van der Waals surface area contributed by atoms with Crippen LogP contribution in [0.3, 0.4) is 0 Å². The Bertz CT molecular complexity index is 352. The van der Waals surface area contributed by atoms with E-state index in [1.54, 1.807) is 19.1 Å². The number of benzene rings is 1. The average Bonchev–Trinajstić information content (AvgIpc) is 2.31. The Balaban J connectivity index is 2.88. The van der Waals surface area contributed by atoms with Crippen molar-refractivity contribution in [2.45, 2.75) is 39.7 Å². The van der Waals surface area contributed by atoms with Gasteiger partial charge in [-0.3, -0.25) is 0 Å². The van der Waals surface area contributed by atoms with Crippen molar-refractivity contribution in [2.24, 2.45) is 0 Å². The van der Waals surface area contributed by atoms with Gasteiger partial charge in [-0.05, 0) is 38.0 Å². The zero-order valence-corrected chi connectivity index (χ0v) is 10.9. The van der Waals surface area contributed by atoms with Crippen molar-refractivity contribution >= 4 is 5.69 Å². The molecule has 1 rings (SSSR count). The number of nitrogens with zero attached hydrogens (tertiary/aromatic N) is 1. The summed E-state index contributed by atoms with van der Waals surface area (Å²) in [6.45, 7) is 7.46. The fraction of sp³-hybridized carbons (Fsp3) is 0.571. The van der Waals surface area contributed by atoms with Gasteiger partial charge >= 0.3 is 0 Å². The highest BCUT2D eigenvalue weighted by Crippen LogP contribution is 2.23. The lowest BCUT2D eigenvalue weighted by molar-refractivity contribution is 0.199. The van der Waals surface area contributed by atoms with Crippen LogP contribution in [0.2, 0.25) is 0 Å². The molecule has 0 fully saturated rings. The predicted octanol–water partition coefficient (Wildman–Crippen LogP) is 3.51. The third-order valence-corrected chi connectivity index (χ3v) is 2.96. The summed E-state index contributed by atoms with van der Waals surface area (Å²) in [6, 6.07) is 4.98. The van der Waals surface area contributed by atoms with E-state index in [4.69, 9.17) is 0 Å². The van der Waals surface area contributed by atoms with Crippen molar-refractivity contribution in [3.8, 4) is 0 Å². The van der Waals surface area contributed by atoms with Crippen LogP contribution in [-0.2, 0) is 0 Å². The van der Waals surface area contributed by atoms with Gasteiger partial charge in [-0.25, -0.2) is 4.39 Å². The van der Waals surface area contributed by atoms with E-state index in [1.165, 1.54) is 6.07 Å². The minimum atomic E-state index is -0.621. The molecule has 3 heteroatoms. The largest absolute Gasteiger partial charge is 0.389 e. The third-order valence-electron chi connectivity index (χ3n) is 2.96. The first-order valence-corrected chi connectivity index (χ1v) is 6.32. The maximum absolute atomic E-state index is 13.9. The molecular formula is C14H22FNO. The van der Waals surface area contributed by atoms with Crippen LogP contribution in [0.1, 0.15) is 45.3 Å². The molecular weight excluding hydrogens is 217 g/mol. The van der Waals surface area contributed by atoms with Gasteiger partial charge in [0.05, 0.1) is 11.8 Å². The monoisotopic (exact) mass is 239 g/mol. The molecule has 0 aliphatic rings. The van der Waals surface area contributed by atoms with Gasteiger partial charge in [0.1, 0.15) is 5.82 Å². The highest BCUT2D eigenvalue weighted by Gasteiger charge is 2.11. The van der Waals surface area contributed by atoms with Gasteiger partial charge in [-0.15, -0.1) is 0 Å². The zero-order chi connectivity index (χ0) is 12.8. The van der Waals surface area contributed by atoms with Gasteiger partial charge in [0.2, 0.25) is 0 Å². The van der Waals surface area contributed by atoms with E-state index in [0.717, 1.165) is 25.9 Å². The minimum absolute atomic E-state index is 0.249. The first kappa shape index (κ1) is 14.0. The van der Waals surface area contributed by atoms with Crippen LogP contribution in [0.15, 0.2) is 18.2 Å². The number of unbranched alkanes of at least 4 members (excludes halogenated alkanes) is 1. The molecule has 0 saturated carbocycles. The lowest BCUT2D eigenvalue weighted by Crippen LogP contribution is -2.24. The van der Waals surface area contributed by atoms with Crippen LogP contribution in [0.5, 0.6) is 0 Å². The second kappa shape index (κ2) is 6.60. The molecule has 0 amide bonds. The SMILES string of the molecule is CCCCN(CC)c1ccc(C(C)O)cc1F. The van der Waals surface area contributed by atoms with Crippen LogP contribution in [0.4, 0.5) is 10.1 Å². The van der Waals surface area contributed by atoms with E-state index < -0.39 is 6.10 Å². The Morgan fingerprint density at radius 3 is 2.53 bits per heavy atom. The molecule has 0 heterocycles. The van der Waals surface area contributed by atoms with Crippen molar-refractivity contribution < 1.29 is 9.50 Å². The summed E-state index contributed by atoms with van der Waals surface area (Å²) < 4.78 is 13.9. The van der Waals surface area contributed by atoms with Crippen molar-refractivity contribution in [3.05, 3.63) is 29.6 Å². The number of hydrogen-bond donors (Lipinski definition) is 1. The lowest BCUT2D eigenvalue weighted by atomic mass is 10.1. The third kappa shape index (κ3) is 3.70. The molecule has 1 N–H and O–H groups in total. The molecule has 1 atom stereocenters. The summed E-state index contributed by atoms with van der Waals surface area (Å²) in [4.78, 5) is 2.03. The average molecular weight is 239 g/mol. The number of aliphatic hydroxyl groups is 1. The van der Waals surface area contributed by atoms with E-state index in [0.29, 0.717) is 11.3 Å². The highest BCUT2D eigenvalue weighted by atomic mass is 19.1. The summed E-state index contributed by atoms with van der Waals surface area (Å²) >= 11 is 0. The van der Waals surface area contributed by atoms with Crippen molar-refractivity contribution in [2.75, 3.05) is 18.0 Å². The second-order valence-corrected chi connectivity index (χ2v) is 4.32. The molecule has 0 bridgehead atoms. The fourth-order valence-corrected chi connectivity index (χ4v) is 1.84. The lowest BCUT2D eigenvalue weighted by Gasteiger charge is -2.24. The predicted molar refractivity (Wildman–Crippen MR) is 69.8 cm³/mol.